The van der Waals surface area contributed by atoms with E-state index >= 15 is 0 Å². The van der Waals surface area contributed by atoms with Crippen LogP contribution in [0.1, 0.15) is 18.4 Å². The van der Waals surface area contributed by atoms with Gasteiger partial charge in [0, 0.05) is 13.1 Å². The van der Waals surface area contributed by atoms with Crippen LogP contribution in [0.15, 0.2) is 30.3 Å². The summed E-state index contributed by atoms with van der Waals surface area (Å²) in [6, 6.07) is 9.13. The van der Waals surface area contributed by atoms with Gasteiger partial charge < -0.3 is 4.74 Å². The molecule has 0 aliphatic carbocycles. The zero-order valence-corrected chi connectivity index (χ0v) is 14.2. The second-order valence-corrected chi connectivity index (χ2v) is 7.72. The summed E-state index contributed by atoms with van der Waals surface area (Å²) in [4.78, 5) is 13.4. The number of piperidine rings is 1. The number of hydrogen-bond donors (Lipinski definition) is 1. The summed E-state index contributed by atoms with van der Waals surface area (Å²) in [6.07, 6.45) is 1.92. The van der Waals surface area contributed by atoms with Crippen molar-refractivity contribution < 1.29 is 17.9 Å². The molecule has 1 saturated heterocycles. The summed E-state index contributed by atoms with van der Waals surface area (Å²) < 4.78 is 31.7. The Morgan fingerprint density at radius 2 is 2.09 bits per heavy atom. The van der Waals surface area contributed by atoms with Gasteiger partial charge in [-0.15, -0.1) is 0 Å². The minimum absolute atomic E-state index is 0.00751. The maximum absolute atomic E-state index is 12.1. The normalized spacial score (nSPS) is 19.4. The lowest BCUT2D eigenvalue weighted by Crippen LogP contribution is -2.43. The van der Waals surface area contributed by atoms with E-state index in [2.05, 4.69) is 9.46 Å². The van der Waals surface area contributed by atoms with Crippen molar-refractivity contribution in [1.29, 1.82) is 0 Å². The van der Waals surface area contributed by atoms with E-state index in [4.69, 9.17) is 0 Å². The van der Waals surface area contributed by atoms with E-state index in [-0.39, 0.29) is 24.2 Å². The van der Waals surface area contributed by atoms with Gasteiger partial charge in [0.15, 0.2) is 0 Å². The van der Waals surface area contributed by atoms with Crippen LogP contribution < -0.4 is 4.72 Å². The van der Waals surface area contributed by atoms with Crippen molar-refractivity contribution >= 4 is 16.0 Å². The summed E-state index contributed by atoms with van der Waals surface area (Å²) in [7, 11) is -1.96. The number of carbonyl (C=O) groups excluding carboxylic acids is 1. The molecule has 128 valence electrons. The van der Waals surface area contributed by atoms with Gasteiger partial charge in [-0.2, -0.15) is 0 Å². The van der Waals surface area contributed by atoms with Crippen LogP contribution in [0, 0.1) is 5.92 Å². The molecule has 1 unspecified atom stereocenters. The Balaban J connectivity index is 1.81. The molecule has 0 saturated carbocycles. The van der Waals surface area contributed by atoms with Crippen molar-refractivity contribution in [3.8, 4) is 0 Å². The average molecular weight is 340 g/mol. The Hall–Kier alpha value is -1.44. The fourth-order valence-corrected chi connectivity index (χ4v) is 4.02. The van der Waals surface area contributed by atoms with Crippen LogP contribution in [-0.2, 0) is 25.3 Å². The number of methoxy groups -OCH3 is 1. The highest BCUT2D eigenvalue weighted by molar-refractivity contribution is 7.88. The van der Waals surface area contributed by atoms with E-state index in [9.17, 15) is 13.2 Å². The topological polar surface area (TPSA) is 75.7 Å². The van der Waals surface area contributed by atoms with Crippen LogP contribution in [0.25, 0.3) is 0 Å². The Bertz CT molecular complexity index is 604. The average Bonchev–Trinajstić information content (AvgIpc) is 2.54. The monoisotopic (exact) mass is 340 g/mol. The highest BCUT2D eigenvalue weighted by atomic mass is 32.2. The first-order valence-electron chi connectivity index (χ1n) is 7.79. The number of nitrogens with one attached hydrogen (secondary N) is 1. The second kappa shape index (κ2) is 8.42. The first kappa shape index (κ1) is 17.9. The smallest absolute Gasteiger partial charge is 0.319 e. The lowest BCUT2D eigenvalue weighted by molar-refractivity contribution is -0.142. The number of benzene rings is 1. The summed E-state index contributed by atoms with van der Waals surface area (Å²) in [5.41, 5.74) is 0.774. The largest absolute Gasteiger partial charge is 0.468 e. The van der Waals surface area contributed by atoms with Gasteiger partial charge in [-0.25, -0.2) is 13.1 Å². The number of nitrogens with zero attached hydrogens (tertiary/aromatic N) is 1. The number of sulfonamides is 1. The van der Waals surface area contributed by atoms with Crippen LogP contribution in [0.3, 0.4) is 0 Å². The first-order chi connectivity index (χ1) is 11.0. The van der Waals surface area contributed by atoms with E-state index < -0.39 is 10.0 Å². The molecule has 0 aromatic heterocycles. The lowest BCUT2D eigenvalue weighted by atomic mass is 9.98. The van der Waals surface area contributed by atoms with Gasteiger partial charge in [0.05, 0.1) is 19.4 Å². The summed E-state index contributed by atoms with van der Waals surface area (Å²) >= 11 is 0. The number of ether oxygens (including phenoxy) is 1. The molecule has 1 heterocycles. The molecule has 0 bridgehead atoms. The van der Waals surface area contributed by atoms with Gasteiger partial charge in [-0.05, 0) is 30.9 Å². The molecule has 0 radical (unpaired) electrons. The summed E-state index contributed by atoms with van der Waals surface area (Å²) in [5.74, 6) is -0.0406. The maximum Gasteiger partial charge on any atom is 0.319 e. The molecule has 1 aliphatic heterocycles. The van der Waals surface area contributed by atoms with Crippen molar-refractivity contribution in [2.24, 2.45) is 5.92 Å². The molecular weight excluding hydrogens is 316 g/mol. The third-order valence-electron chi connectivity index (χ3n) is 3.97. The molecule has 1 N–H and O–H groups in total. The zero-order chi connectivity index (χ0) is 16.7. The highest BCUT2D eigenvalue weighted by Crippen LogP contribution is 2.16. The first-order valence-corrected chi connectivity index (χ1v) is 9.44. The van der Waals surface area contributed by atoms with Crippen LogP contribution in [0.5, 0.6) is 0 Å². The van der Waals surface area contributed by atoms with Gasteiger partial charge in [-0.3, -0.25) is 9.69 Å². The minimum atomic E-state index is -3.34. The number of hydrogen-bond acceptors (Lipinski definition) is 5. The lowest BCUT2D eigenvalue weighted by Gasteiger charge is -2.31. The maximum atomic E-state index is 12.1. The third kappa shape index (κ3) is 6.29. The molecule has 1 aliphatic rings. The van der Waals surface area contributed by atoms with Crippen LogP contribution in [0.2, 0.25) is 0 Å². The third-order valence-corrected chi connectivity index (χ3v) is 5.29. The van der Waals surface area contributed by atoms with Crippen molar-refractivity contribution in [2.45, 2.75) is 18.6 Å². The highest BCUT2D eigenvalue weighted by Gasteiger charge is 2.23. The standard InChI is InChI=1S/C16H24N2O4S/c1-22-16(19)12-18-9-5-8-15(11-18)10-17-23(20,21)13-14-6-3-2-4-7-14/h2-4,6-7,15,17H,5,8-13H2,1H3. The number of carbonyl (C=O) groups is 1. The van der Waals surface area contributed by atoms with Crippen molar-refractivity contribution in [1.82, 2.24) is 9.62 Å². The van der Waals surface area contributed by atoms with Crippen LogP contribution in [0.4, 0.5) is 0 Å². The van der Waals surface area contributed by atoms with Crippen molar-refractivity contribution in [3.63, 3.8) is 0 Å². The van der Waals surface area contributed by atoms with E-state index in [1.807, 2.05) is 23.1 Å². The van der Waals surface area contributed by atoms with E-state index in [1.54, 1.807) is 12.1 Å². The molecule has 1 aromatic carbocycles. The Morgan fingerprint density at radius 3 is 2.78 bits per heavy atom. The predicted octanol–water partition coefficient (Wildman–Crippen LogP) is 0.991. The molecule has 1 aromatic rings. The van der Waals surface area contributed by atoms with Crippen LogP contribution >= 0.6 is 0 Å². The molecule has 23 heavy (non-hydrogen) atoms. The Labute approximate surface area is 137 Å². The van der Waals surface area contributed by atoms with Gasteiger partial charge in [-0.1, -0.05) is 30.3 Å². The Morgan fingerprint density at radius 1 is 1.35 bits per heavy atom. The molecule has 1 fully saturated rings. The zero-order valence-electron chi connectivity index (χ0n) is 13.4. The number of likely N-dealkylation sites (tertiary alicyclic amines) is 1. The summed E-state index contributed by atoms with van der Waals surface area (Å²) in [5, 5.41) is 0. The molecular formula is C16H24N2O4S. The fourth-order valence-electron chi connectivity index (χ4n) is 2.80. The van der Waals surface area contributed by atoms with E-state index in [1.165, 1.54) is 7.11 Å². The number of esters is 1. The quantitative estimate of drug-likeness (QED) is 0.749. The molecule has 1 atom stereocenters. The van der Waals surface area contributed by atoms with E-state index in [0.717, 1.165) is 24.9 Å². The van der Waals surface area contributed by atoms with Gasteiger partial charge in [0.25, 0.3) is 0 Å². The molecule has 0 spiro atoms. The Kier molecular flexibility index (Phi) is 6.56. The number of rotatable bonds is 7. The second-order valence-electron chi connectivity index (χ2n) is 5.91. The molecule has 6 nitrogen and oxygen atoms in total. The van der Waals surface area contributed by atoms with Gasteiger partial charge in [0.1, 0.15) is 0 Å². The van der Waals surface area contributed by atoms with Gasteiger partial charge >= 0.3 is 5.97 Å². The molecule has 2 rings (SSSR count). The summed E-state index contributed by atoms with van der Waals surface area (Å²) in [6.45, 7) is 2.24. The van der Waals surface area contributed by atoms with E-state index in [0.29, 0.717) is 13.1 Å². The molecule has 7 heteroatoms. The van der Waals surface area contributed by atoms with Gasteiger partial charge in [0.2, 0.25) is 10.0 Å². The van der Waals surface area contributed by atoms with Crippen LogP contribution in [-0.4, -0.2) is 52.6 Å². The molecule has 0 amide bonds. The van der Waals surface area contributed by atoms with Crippen molar-refractivity contribution in [3.05, 3.63) is 35.9 Å². The van der Waals surface area contributed by atoms with Crippen molar-refractivity contribution in [2.75, 3.05) is 33.3 Å². The predicted molar refractivity (Wildman–Crippen MR) is 88.2 cm³/mol. The SMILES string of the molecule is COC(=O)CN1CCCC(CNS(=O)(=O)Cc2ccccc2)C1. The minimum Gasteiger partial charge on any atom is -0.468 e. The fraction of sp³-hybridized carbons (Fsp3) is 0.562.